The van der Waals surface area contributed by atoms with Gasteiger partial charge in [-0.15, -0.1) is 0 Å². The number of carbonyl (C=O) groups is 1. The molecule has 0 aliphatic rings. The Balaban J connectivity index is 2.01. The zero-order chi connectivity index (χ0) is 14.5. The highest BCUT2D eigenvalue weighted by Crippen LogP contribution is 2.26. The smallest absolute Gasteiger partial charge is 0.319 e. The Morgan fingerprint density at radius 3 is 2.60 bits per heavy atom. The summed E-state index contributed by atoms with van der Waals surface area (Å²) in [5.41, 5.74) is 1.71. The first-order chi connectivity index (χ1) is 9.56. The third-order valence-electron chi connectivity index (χ3n) is 2.73. The van der Waals surface area contributed by atoms with Gasteiger partial charge in [0.25, 0.3) is 0 Å². The molecule has 1 aromatic carbocycles. The lowest BCUT2D eigenvalue weighted by Crippen LogP contribution is -2.31. The molecule has 2 aromatic rings. The number of aromatic nitrogens is 1. The fraction of sp³-hybridized carbons (Fsp3) is 0.143. The summed E-state index contributed by atoms with van der Waals surface area (Å²) < 4.78 is 1.73. The second-order valence-corrected chi connectivity index (χ2v) is 5.99. The molecule has 0 aliphatic heterocycles. The van der Waals surface area contributed by atoms with E-state index in [1.807, 2.05) is 37.3 Å². The molecule has 0 radical (unpaired) electrons. The maximum Gasteiger partial charge on any atom is 0.319 e. The van der Waals surface area contributed by atoms with Gasteiger partial charge in [0, 0.05) is 21.3 Å². The molecule has 104 valence electrons. The average Bonchev–Trinajstić information content (AvgIpc) is 2.43. The number of rotatable bonds is 3. The van der Waals surface area contributed by atoms with Crippen molar-refractivity contribution < 1.29 is 4.79 Å². The zero-order valence-electron chi connectivity index (χ0n) is 10.7. The SMILES string of the molecule is C[C@H](NC(=O)Nc1cc(Br)ccc1Br)c1ccncc1. The number of carbonyl (C=O) groups excluding carboxylic acids is 1. The largest absolute Gasteiger partial charge is 0.331 e. The van der Waals surface area contributed by atoms with E-state index in [1.54, 1.807) is 12.4 Å². The molecular formula is C14H13Br2N3O. The fourth-order valence-corrected chi connectivity index (χ4v) is 2.39. The van der Waals surface area contributed by atoms with Crippen molar-refractivity contribution in [2.24, 2.45) is 0 Å². The molecule has 0 fully saturated rings. The Bertz CT molecular complexity index is 605. The van der Waals surface area contributed by atoms with Crippen LogP contribution in [0.4, 0.5) is 10.5 Å². The van der Waals surface area contributed by atoms with Crippen molar-refractivity contribution in [3.05, 3.63) is 57.2 Å². The molecule has 2 amide bonds. The van der Waals surface area contributed by atoms with E-state index in [9.17, 15) is 4.79 Å². The van der Waals surface area contributed by atoms with Gasteiger partial charge < -0.3 is 10.6 Å². The molecule has 6 heteroatoms. The number of amides is 2. The summed E-state index contributed by atoms with van der Waals surface area (Å²) in [4.78, 5) is 15.9. The van der Waals surface area contributed by atoms with Gasteiger partial charge in [0.15, 0.2) is 0 Å². The van der Waals surface area contributed by atoms with Crippen LogP contribution in [0.2, 0.25) is 0 Å². The number of urea groups is 1. The second-order valence-electron chi connectivity index (χ2n) is 4.22. The van der Waals surface area contributed by atoms with E-state index in [0.29, 0.717) is 5.69 Å². The summed E-state index contributed by atoms with van der Waals surface area (Å²) >= 11 is 6.77. The third-order valence-corrected chi connectivity index (χ3v) is 3.92. The van der Waals surface area contributed by atoms with Crippen LogP contribution in [-0.2, 0) is 0 Å². The van der Waals surface area contributed by atoms with Crippen LogP contribution >= 0.6 is 31.9 Å². The van der Waals surface area contributed by atoms with Gasteiger partial charge in [0.1, 0.15) is 0 Å². The summed E-state index contributed by atoms with van der Waals surface area (Å²) in [5, 5.41) is 5.69. The zero-order valence-corrected chi connectivity index (χ0v) is 13.9. The fourth-order valence-electron chi connectivity index (χ4n) is 1.68. The molecular weight excluding hydrogens is 386 g/mol. The number of halogens is 2. The van der Waals surface area contributed by atoms with Gasteiger partial charge in [-0.05, 0) is 58.7 Å². The normalized spacial score (nSPS) is 11.8. The average molecular weight is 399 g/mol. The van der Waals surface area contributed by atoms with Crippen LogP contribution in [0.5, 0.6) is 0 Å². The lowest BCUT2D eigenvalue weighted by Gasteiger charge is -2.15. The number of nitrogens with zero attached hydrogens (tertiary/aromatic N) is 1. The lowest BCUT2D eigenvalue weighted by molar-refractivity contribution is 0.249. The number of benzene rings is 1. The summed E-state index contributed by atoms with van der Waals surface area (Å²) in [5.74, 6) is 0. The summed E-state index contributed by atoms with van der Waals surface area (Å²) in [6, 6.07) is 9.00. The first-order valence-electron chi connectivity index (χ1n) is 5.99. The predicted octanol–water partition coefficient (Wildman–Crippen LogP) is 4.49. The van der Waals surface area contributed by atoms with Gasteiger partial charge in [0.2, 0.25) is 0 Å². The highest BCUT2D eigenvalue weighted by molar-refractivity contribution is 9.11. The van der Waals surface area contributed by atoms with Crippen LogP contribution in [0.25, 0.3) is 0 Å². The molecule has 4 nitrogen and oxygen atoms in total. The summed E-state index contributed by atoms with van der Waals surface area (Å²) in [7, 11) is 0. The quantitative estimate of drug-likeness (QED) is 0.800. The van der Waals surface area contributed by atoms with Crippen LogP contribution in [0.3, 0.4) is 0 Å². The van der Waals surface area contributed by atoms with Crippen LogP contribution < -0.4 is 10.6 Å². The first kappa shape index (κ1) is 15.0. The highest BCUT2D eigenvalue weighted by Gasteiger charge is 2.10. The van der Waals surface area contributed by atoms with E-state index >= 15 is 0 Å². The first-order valence-corrected chi connectivity index (χ1v) is 7.57. The Morgan fingerprint density at radius 1 is 1.20 bits per heavy atom. The van der Waals surface area contributed by atoms with Gasteiger partial charge in [-0.3, -0.25) is 4.98 Å². The molecule has 0 saturated heterocycles. The van der Waals surface area contributed by atoms with Crippen molar-refractivity contribution in [3.63, 3.8) is 0 Å². The maximum absolute atomic E-state index is 12.0. The van der Waals surface area contributed by atoms with Gasteiger partial charge in [0.05, 0.1) is 11.7 Å². The summed E-state index contributed by atoms with van der Waals surface area (Å²) in [6.07, 6.45) is 3.41. The van der Waals surface area contributed by atoms with Crippen LogP contribution in [-0.4, -0.2) is 11.0 Å². The molecule has 1 heterocycles. The van der Waals surface area contributed by atoms with E-state index in [1.165, 1.54) is 0 Å². The monoisotopic (exact) mass is 397 g/mol. The molecule has 20 heavy (non-hydrogen) atoms. The van der Waals surface area contributed by atoms with Gasteiger partial charge in [-0.2, -0.15) is 0 Å². The van der Waals surface area contributed by atoms with Crippen molar-refractivity contribution >= 4 is 43.6 Å². The van der Waals surface area contributed by atoms with Crippen molar-refractivity contribution in [3.8, 4) is 0 Å². The highest BCUT2D eigenvalue weighted by atomic mass is 79.9. The molecule has 2 rings (SSSR count). The minimum Gasteiger partial charge on any atom is -0.331 e. The van der Waals surface area contributed by atoms with E-state index < -0.39 is 0 Å². The van der Waals surface area contributed by atoms with Gasteiger partial charge in [-0.25, -0.2) is 4.79 Å². The van der Waals surface area contributed by atoms with Crippen molar-refractivity contribution in [1.82, 2.24) is 10.3 Å². The molecule has 0 aliphatic carbocycles. The number of hydrogen-bond acceptors (Lipinski definition) is 2. The van der Waals surface area contributed by atoms with Gasteiger partial charge in [-0.1, -0.05) is 15.9 Å². The molecule has 0 unspecified atom stereocenters. The number of nitrogens with one attached hydrogen (secondary N) is 2. The second kappa shape index (κ2) is 6.85. The molecule has 0 bridgehead atoms. The summed E-state index contributed by atoms with van der Waals surface area (Å²) in [6.45, 7) is 1.92. The van der Waals surface area contributed by atoms with Crippen molar-refractivity contribution in [1.29, 1.82) is 0 Å². The molecule has 1 atom stereocenters. The Kier molecular flexibility index (Phi) is 5.14. The van der Waals surface area contributed by atoms with E-state index in [4.69, 9.17) is 0 Å². The van der Waals surface area contributed by atoms with E-state index in [0.717, 1.165) is 14.5 Å². The number of pyridine rings is 1. The number of anilines is 1. The maximum atomic E-state index is 12.0. The topological polar surface area (TPSA) is 54.0 Å². The van der Waals surface area contributed by atoms with E-state index in [-0.39, 0.29) is 12.1 Å². The van der Waals surface area contributed by atoms with Crippen molar-refractivity contribution in [2.45, 2.75) is 13.0 Å². The molecule has 0 saturated carbocycles. The third kappa shape index (κ3) is 4.05. The van der Waals surface area contributed by atoms with Crippen LogP contribution in [0.15, 0.2) is 51.7 Å². The van der Waals surface area contributed by atoms with Crippen LogP contribution in [0, 0.1) is 0 Å². The minimum absolute atomic E-state index is 0.0936. The Labute approximate surface area is 134 Å². The Hall–Kier alpha value is -1.40. The number of hydrogen-bond donors (Lipinski definition) is 2. The molecule has 1 aromatic heterocycles. The Morgan fingerprint density at radius 2 is 1.90 bits per heavy atom. The van der Waals surface area contributed by atoms with Crippen LogP contribution in [0.1, 0.15) is 18.5 Å². The lowest BCUT2D eigenvalue weighted by atomic mass is 10.1. The standard InChI is InChI=1S/C14H13Br2N3O/c1-9(10-4-6-17-7-5-10)18-14(20)19-13-8-11(15)2-3-12(13)16/h2-9H,1H3,(H2,18,19,20)/t9-/m0/s1. The van der Waals surface area contributed by atoms with E-state index in [2.05, 4.69) is 47.5 Å². The molecule has 2 N–H and O–H groups in total. The predicted molar refractivity (Wildman–Crippen MR) is 86.6 cm³/mol. The van der Waals surface area contributed by atoms with Crippen molar-refractivity contribution in [2.75, 3.05) is 5.32 Å². The minimum atomic E-state index is -0.256. The molecule has 0 spiro atoms. The van der Waals surface area contributed by atoms with Gasteiger partial charge >= 0.3 is 6.03 Å².